The van der Waals surface area contributed by atoms with Crippen LogP contribution in [-0.4, -0.2) is 17.9 Å². The van der Waals surface area contributed by atoms with E-state index in [-0.39, 0.29) is 12.2 Å². The van der Waals surface area contributed by atoms with E-state index in [9.17, 15) is 13.6 Å². The lowest BCUT2D eigenvalue weighted by molar-refractivity contribution is -0.125. The maximum Gasteiger partial charge on any atom is 0.156 e. The summed E-state index contributed by atoms with van der Waals surface area (Å²) >= 11 is 0. The highest BCUT2D eigenvalue weighted by molar-refractivity contribution is 5.89. The predicted octanol–water partition coefficient (Wildman–Crippen LogP) is 2.61. The molecule has 2 nitrogen and oxygen atoms in total. The number of Topliss-reactive ketones (excluding diaryl/α,β-unsaturated/α-hetero) is 1. The summed E-state index contributed by atoms with van der Waals surface area (Å²) in [6.07, 6.45) is 2.92. The number of piperidine rings is 1. The van der Waals surface area contributed by atoms with E-state index < -0.39 is 17.2 Å². The fourth-order valence-corrected chi connectivity index (χ4v) is 2.39. The van der Waals surface area contributed by atoms with Crippen LogP contribution in [0.2, 0.25) is 0 Å². The lowest BCUT2D eigenvalue weighted by Gasteiger charge is -2.33. The molecule has 1 aliphatic heterocycles. The molecule has 2 rings (SSSR count). The number of benzene rings is 1. The van der Waals surface area contributed by atoms with Crippen molar-refractivity contribution in [3.05, 3.63) is 35.4 Å². The highest BCUT2D eigenvalue weighted by atomic mass is 19.1. The molecular formula is C14H17F2NO. The number of ketones is 1. The van der Waals surface area contributed by atoms with Gasteiger partial charge >= 0.3 is 0 Å². The number of carbonyl (C=O) groups is 1. The van der Waals surface area contributed by atoms with Gasteiger partial charge in [0.1, 0.15) is 11.6 Å². The van der Waals surface area contributed by atoms with E-state index in [0.717, 1.165) is 31.9 Å². The van der Waals surface area contributed by atoms with E-state index in [0.29, 0.717) is 5.56 Å². The molecule has 1 saturated heterocycles. The van der Waals surface area contributed by atoms with Gasteiger partial charge in [0, 0.05) is 12.5 Å². The van der Waals surface area contributed by atoms with E-state index >= 15 is 0 Å². The zero-order valence-electron chi connectivity index (χ0n) is 10.4. The Labute approximate surface area is 105 Å². The lowest BCUT2D eigenvalue weighted by Crippen LogP contribution is -2.52. The molecule has 1 heterocycles. The van der Waals surface area contributed by atoms with Gasteiger partial charge in [0.2, 0.25) is 0 Å². The number of carbonyl (C=O) groups excluding carboxylic acids is 1. The summed E-state index contributed by atoms with van der Waals surface area (Å²) in [5.74, 6) is -1.29. The van der Waals surface area contributed by atoms with Crippen molar-refractivity contribution in [2.45, 2.75) is 38.1 Å². The van der Waals surface area contributed by atoms with Crippen LogP contribution in [0.25, 0.3) is 0 Å². The Bertz CT molecular complexity index is 433. The average Bonchev–Trinajstić information content (AvgIpc) is 2.28. The van der Waals surface area contributed by atoms with Crippen LogP contribution in [0.3, 0.4) is 0 Å². The van der Waals surface area contributed by atoms with Gasteiger partial charge in [0.05, 0.1) is 5.54 Å². The Kier molecular flexibility index (Phi) is 3.76. The van der Waals surface area contributed by atoms with Crippen molar-refractivity contribution >= 4 is 5.78 Å². The van der Waals surface area contributed by atoms with Crippen LogP contribution in [0.15, 0.2) is 18.2 Å². The minimum atomic E-state index is -0.639. The van der Waals surface area contributed by atoms with Gasteiger partial charge in [-0.05, 0) is 50.4 Å². The molecule has 1 fully saturated rings. The molecule has 0 bridgehead atoms. The van der Waals surface area contributed by atoms with Crippen LogP contribution in [0, 0.1) is 11.6 Å². The molecule has 0 radical (unpaired) electrons. The molecule has 0 aromatic heterocycles. The second-order valence-corrected chi connectivity index (χ2v) is 5.09. The SMILES string of the molecule is CC1(C(=O)Cc2cc(F)cc(F)c2)CCCCN1. The molecular weight excluding hydrogens is 236 g/mol. The van der Waals surface area contributed by atoms with E-state index in [1.165, 1.54) is 12.1 Å². The first-order chi connectivity index (χ1) is 8.49. The third kappa shape index (κ3) is 2.93. The fraction of sp³-hybridized carbons (Fsp3) is 0.500. The molecule has 1 aromatic carbocycles. The zero-order valence-corrected chi connectivity index (χ0v) is 10.4. The summed E-state index contributed by atoms with van der Waals surface area (Å²) in [6, 6.07) is 3.24. The summed E-state index contributed by atoms with van der Waals surface area (Å²) in [7, 11) is 0. The second-order valence-electron chi connectivity index (χ2n) is 5.09. The summed E-state index contributed by atoms with van der Waals surface area (Å²) in [4.78, 5) is 12.2. The number of hydrogen-bond donors (Lipinski definition) is 1. The van der Waals surface area contributed by atoms with Gasteiger partial charge < -0.3 is 5.32 Å². The Morgan fingerprint density at radius 1 is 1.28 bits per heavy atom. The molecule has 1 aromatic rings. The Morgan fingerprint density at radius 2 is 1.94 bits per heavy atom. The quantitative estimate of drug-likeness (QED) is 0.897. The van der Waals surface area contributed by atoms with Gasteiger partial charge in [-0.2, -0.15) is 0 Å². The maximum atomic E-state index is 13.0. The minimum Gasteiger partial charge on any atom is -0.305 e. The van der Waals surface area contributed by atoms with Crippen molar-refractivity contribution in [3.8, 4) is 0 Å². The Hall–Kier alpha value is -1.29. The normalized spacial score (nSPS) is 23.9. The number of nitrogens with one attached hydrogen (secondary N) is 1. The summed E-state index contributed by atoms with van der Waals surface area (Å²) in [6.45, 7) is 2.68. The Balaban J connectivity index is 2.10. The minimum absolute atomic E-state index is 0.00722. The molecule has 0 aliphatic carbocycles. The average molecular weight is 253 g/mol. The standard InChI is InChI=1S/C14H17F2NO/c1-14(4-2-3-5-17-14)13(18)8-10-6-11(15)9-12(16)7-10/h6-7,9,17H,2-5,8H2,1H3. The summed E-state index contributed by atoms with van der Waals surface area (Å²) in [5.41, 5.74) is -0.160. The van der Waals surface area contributed by atoms with Crippen molar-refractivity contribution in [2.75, 3.05) is 6.54 Å². The Morgan fingerprint density at radius 3 is 2.50 bits per heavy atom. The summed E-state index contributed by atoms with van der Waals surface area (Å²) in [5, 5.41) is 3.21. The molecule has 0 spiro atoms. The van der Waals surface area contributed by atoms with Crippen molar-refractivity contribution in [1.29, 1.82) is 0 Å². The zero-order chi connectivity index (χ0) is 13.2. The molecule has 1 unspecified atom stereocenters. The molecule has 4 heteroatoms. The van der Waals surface area contributed by atoms with Gasteiger partial charge in [0.15, 0.2) is 5.78 Å². The molecule has 0 saturated carbocycles. The fourth-order valence-electron chi connectivity index (χ4n) is 2.39. The van der Waals surface area contributed by atoms with E-state index in [1.54, 1.807) is 0 Å². The molecule has 98 valence electrons. The maximum absolute atomic E-state index is 13.0. The first-order valence-electron chi connectivity index (χ1n) is 6.23. The first kappa shape index (κ1) is 13.1. The summed E-state index contributed by atoms with van der Waals surface area (Å²) < 4.78 is 26.1. The molecule has 1 aliphatic rings. The monoisotopic (exact) mass is 253 g/mol. The van der Waals surface area contributed by atoms with Gasteiger partial charge in [-0.15, -0.1) is 0 Å². The predicted molar refractivity (Wildman–Crippen MR) is 65.3 cm³/mol. The van der Waals surface area contributed by atoms with Gasteiger partial charge in [-0.3, -0.25) is 4.79 Å². The molecule has 1 atom stereocenters. The topological polar surface area (TPSA) is 29.1 Å². The lowest BCUT2D eigenvalue weighted by atomic mass is 9.84. The van der Waals surface area contributed by atoms with E-state index in [1.807, 2.05) is 6.92 Å². The highest BCUT2D eigenvalue weighted by Gasteiger charge is 2.33. The number of hydrogen-bond acceptors (Lipinski definition) is 2. The highest BCUT2D eigenvalue weighted by Crippen LogP contribution is 2.22. The first-order valence-corrected chi connectivity index (χ1v) is 6.23. The van der Waals surface area contributed by atoms with Crippen LogP contribution in [-0.2, 0) is 11.2 Å². The second kappa shape index (κ2) is 5.14. The van der Waals surface area contributed by atoms with Crippen molar-refractivity contribution in [2.24, 2.45) is 0 Å². The molecule has 1 N–H and O–H groups in total. The van der Waals surface area contributed by atoms with Crippen LogP contribution < -0.4 is 5.32 Å². The number of halogens is 2. The van der Waals surface area contributed by atoms with Crippen LogP contribution in [0.4, 0.5) is 8.78 Å². The van der Waals surface area contributed by atoms with Gasteiger partial charge in [-0.25, -0.2) is 8.78 Å². The van der Waals surface area contributed by atoms with E-state index in [2.05, 4.69) is 5.32 Å². The molecule has 0 amide bonds. The van der Waals surface area contributed by atoms with Crippen LogP contribution in [0.5, 0.6) is 0 Å². The largest absolute Gasteiger partial charge is 0.305 e. The van der Waals surface area contributed by atoms with Crippen molar-refractivity contribution in [3.63, 3.8) is 0 Å². The smallest absolute Gasteiger partial charge is 0.156 e. The molecule has 18 heavy (non-hydrogen) atoms. The third-order valence-corrected chi connectivity index (χ3v) is 3.52. The van der Waals surface area contributed by atoms with Crippen LogP contribution >= 0.6 is 0 Å². The van der Waals surface area contributed by atoms with Crippen LogP contribution in [0.1, 0.15) is 31.7 Å². The van der Waals surface area contributed by atoms with Gasteiger partial charge in [0.25, 0.3) is 0 Å². The number of rotatable bonds is 3. The van der Waals surface area contributed by atoms with E-state index in [4.69, 9.17) is 0 Å². The third-order valence-electron chi connectivity index (χ3n) is 3.52. The van der Waals surface area contributed by atoms with Crippen molar-refractivity contribution < 1.29 is 13.6 Å². The van der Waals surface area contributed by atoms with Crippen molar-refractivity contribution in [1.82, 2.24) is 5.32 Å². The van der Waals surface area contributed by atoms with Gasteiger partial charge in [-0.1, -0.05) is 0 Å².